The molecule has 1 aromatic carbocycles. The summed E-state index contributed by atoms with van der Waals surface area (Å²) < 4.78 is 2.26. The van der Waals surface area contributed by atoms with E-state index in [2.05, 4.69) is 46.4 Å². The Balaban J connectivity index is 1.56. The van der Waals surface area contributed by atoms with Crippen molar-refractivity contribution >= 4 is 11.8 Å². The molecule has 6 rings (SSSR count). The van der Waals surface area contributed by atoms with Crippen LogP contribution in [0.3, 0.4) is 0 Å². The van der Waals surface area contributed by atoms with E-state index in [9.17, 15) is 9.59 Å². The predicted octanol–water partition coefficient (Wildman–Crippen LogP) is 2.95. The summed E-state index contributed by atoms with van der Waals surface area (Å²) in [6.07, 6.45) is 6.80. The van der Waals surface area contributed by atoms with Gasteiger partial charge in [-0.2, -0.15) is 0 Å². The molecule has 0 radical (unpaired) electrons. The number of piperidine rings is 2. The van der Waals surface area contributed by atoms with Gasteiger partial charge in [0.05, 0.1) is 5.41 Å². The molecule has 1 saturated carbocycles. The molecule has 3 heterocycles. The average Bonchev–Trinajstić information content (AvgIpc) is 2.98. The Morgan fingerprint density at radius 2 is 1.88 bits per heavy atom. The number of benzene rings is 1. The number of nitrogens with zero attached hydrogens (tertiary/aromatic N) is 1. The summed E-state index contributed by atoms with van der Waals surface area (Å²) in [4.78, 5) is 24.4. The number of para-hydroxylation sites is 1. The summed E-state index contributed by atoms with van der Waals surface area (Å²) >= 11 is 0. The number of amides is 2. The molecule has 4 aliphatic rings. The van der Waals surface area contributed by atoms with Crippen molar-refractivity contribution in [3.05, 3.63) is 53.9 Å². The number of fused-ring (bicyclic) bond motifs is 3. The molecule has 1 aromatic heterocycles. The van der Waals surface area contributed by atoms with Crippen LogP contribution in [0.4, 0.5) is 0 Å². The van der Waals surface area contributed by atoms with Gasteiger partial charge in [0.15, 0.2) is 0 Å². The third-order valence-corrected chi connectivity index (χ3v) is 6.29. The smallest absolute Gasteiger partial charge is 0.233 e. The topological polar surface area (TPSA) is 51.1 Å². The molecule has 1 atom stereocenters. The second-order valence-electron chi connectivity index (χ2n) is 7.45. The third kappa shape index (κ3) is 1.74. The molecule has 2 saturated heterocycles. The SMILES string of the molecule is O=C1NC(=O)C2(C3CCCc4c3ccn4-c3ccccc3)CC1C2. The first-order valence-electron chi connectivity index (χ1n) is 8.80. The maximum atomic E-state index is 12.6. The lowest BCUT2D eigenvalue weighted by atomic mass is 9.50. The normalized spacial score (nSPS) is 31.2. The van der Waals surface area contributed by atoms with Crippen LogP contribution in [0.15, 0.2) is 42.6 Å². The molecule has 122 valence electrons. The lowest BCUT2D eigenvalue weighted by molar-refractivity contribution is -0.161. The molecule has 2 aliphatic heterocycles. The molecule has 2 aromatic rings. The van der Waals surface area contributed by atoms with Crippen molar-refractivity contribution in [2.75, 3.05) is 0 Å². The van der Waals surface area contributed by atoms with Gasteiger partial charge in [0, 0.05) is 29.4 Å². The van der Waals surface area contributed by atoms with E-state index in [1.807, 2.05) is 6.07 Å². The molecule has 1 unspecified atom stereocenters. The number of rotatable bonds is 2. The Morgan fingerprint density at radius 3 is 2.62 bits per heavy atom. The van der Waals surface area contributed by atoms with Gasteiger partial charge in [0.1, 0.15) is 0 Å². The van der Waals surface area contributed by atoms with Crippen molar-refractivity contribution < 1.29 is 9.59 Å². The van der Waals surface area contributed by atoms with Crippen molar-refractivity contribution in [3.8, 4) is 5.69 Å². The van der Waals surface area contributed by atoms with Crippen LogP contribution >= 0.6 is 0 Å². The van der Waals surface area contributed by atoms with Crippen molar-refractivity contribution in [1.29, 1.82) is 0 Å². The van der Waals surface area contributed by atoms with Crippen LogP contribution in [0.25, 0.3) is 5.69 Å². The highest BCUT2D eigenvalue weighted by atomic mass is 16.2. The molecule has 2 aliphatic carbocycles. The molecule has 2 bridgehead atoms. The van der Waals surface area contributed by atoms with E-state index in [1.165, 1.54) is 16.9 Å². The second kappa shape index (κ2) is 4.82. The average molecular weight is 320 g/mol. The predicted molar refractivity (Wildman–Crippen MR) is 89.8 cm³/mol. The summed E-state index contributed by atoms with van der Waals surface area (Å²) in [5.41, 5.74) is 3.47. The van der Waals surface area contributed by atoms with Crippen LogP contribution < -0.4 is 5.32 Å². The lowest BCUT2D eigenvalue weighted by Crippen LogP contribution is -2.64. The Hall–Kier alpha value is -2.36. The molecule has 1 N–H and O–H groups in total. The zero-order valence-corrected chi connectivity index (χ0v) is 13.5. The number of aromatic nitrogens is 1. The van der Waals surface area contributed by atoms with Gasteiger partial charge in [0.25, 0.3) is 0 Å². The second-order valence-corrected chi connectivity index (χ2v) is 7.45. The number of hydrogen-bond donors (Lipinski definition) is 1. The highest BCUT2D eigenvalue weighted by molar-refractivity contribution is 6.05. The van der Waals surface area contributed by atoms with Crippen LogP contribution in [-0.2, 0) is 16.0 Å². The first-order chi connectivity index (χ1) is 11.7. The summed E-state index contributed by atoms with van der Waals surface area (Å²) in [7, 11) is 0. The minimum Gasteiger partial charge on any atom is -0.321 e. The fraction of sp³-hybridized carbons (Fsp3) is 0.400. The van der Waals surface area contributed by atoms with Crippen LogP contribution in [0.2, 0.25) is 0 Å². The molecule has 0 spiro atoms. The van der Waals surface area contributed by atoms with E-state index in [-0.39, 0.29) is 29.1 Å². The minimum atomic E-state index is -0.351. The molecular formula is C20H20N2O2. The van der Waals surface area contributed by atoms with Crippen molar-refractivity contribution in [3.63, 3.8) is 0 Å². The van der Waals surface area contributed by atoms with Crippen molar-refractivity contribution in [2.45, 2.75) is 38.0 Å². The first-order valence-corrected chi connectivity index (χ1v) is 8.80. The van der Waals surface area contributed by atoms with E-state index in [0.29, 0.717) is 0 Å². The highest BCUT2D eigenvalue weighted by Crippen LogP contribution is 2.60. The Labute approximate surface area is 140 Å². The third-order valence-electron chi connectivity index (χ3n) is 6.29. The Bertz CT molecular complexity index is 831. The van der Waals surface area contributed by atoms with Gasteiger partial charge in [-0.3, -0.25) is 14.9 Å². The lowest BCUT2D eigenvalue weighted by Gasteiger charge is -2.54. The van der Waals surface area contributed by atoms with E-state index < -0.39 is 0 Å². The molecule has 2 amide bonds. The molecular weight excluding hydrogens is 300 g/mol. The minimum absolute atomic E-state index is 0.0414. The monoisotopic (exact) mass is 320 g/mol. The first kappa shape index (κ1) is 14.0. The van der Waals surface area contributed by atoms with Crippen LogP contribution in [0, 0.1) is 11.3 Å². The van der Waals surface area contributed by atoms with Crippen LogP contribution in [0.5, 0.6) is 0 Å². The van der Waals surface area contributed by atoms with Gasteiger partial charge in [-0.1, -0.05) is 18.2 Å². The summed E-state index contributed by atoms with van der Waals surface area (Å²) in [5.74, 6) is 0.180. The Kier molecular flexibility index (Phi) is 2.82. The van der Waals surface area contributed by atoms with E-state index in [1.54, 1.807) is 0 Å². The number of nitrogens with one attached hydrogen (secondary N) is 1. The molecule has 3 fully saturated rings. The maximum Gasteiger partial charge on any atom is 0.233 e. The Morgan fingerprint density at radius 1 is 1.08 bits per heavy atom. The van der Waals surface area contributed by atoms with E-state index >= 15 is 0 Å². The molecule has 4 nitrogen and oxygen atoms in total. The van der Waals surface area contributed by atoms with E-state index in [4.69, 9.17) is 0 Å². The largest absolute Gasteiger partial charge is 0.321 e. The van der Waals surface area contributed by atoms with E-state index in [0.717, 1.165) is 32.1 Å². The standard InChI is InChI=1S/C20H20N2O2/c23-18-13-11-20(12-13,19(24)21-18)16-7-4-8-17-15(16)9-10-22(17)14-5-2-1-3-6-14/h1-3,5-6,9-10,13,16H,4,7-8,11-12H2,(H,21,23,24). The summed E-state index contributed by atoms with van der Waals surface area (Å²) in [5, 5.41) is 2.60. The number of carbonyl (C=O) groups is 2. The quantitative estimate of drug-likeness (QED) is 0.865. The number of imide groups is 1. The fourth-order valence-electron chi connectivity index (χ4n) is 5.07. The summed E-state index contributed by atoms with van der Waals surface area (Å²) in [6.45, 7) is 0. The zero-order valence-electron chi connectivity index (χ0n) is 13.5. The summed E-state index contributed by atoms with van der Waals surface area (Å²) in [6, 6.07) is 12.6. The molecule has 4 heteroatoms. The molecule has 24 heavy (non-hydrogen) atoms. The van der Waals surface area contributed by atoms with Crippen molar-refractivity contribution in [1.82, 2.24) is 9.88 Å². The maximum absolute atomic E-state index is 12.6. The van der Waals surface area contributed by atoms with Crippen molar-refractivity contribution in [2.24, 2.45) is 11.3 Å². The van der Waals surface area contributed by atoms with Gasteiger partial charge in [0.2, 0.25) is 11.8 Å². The van der Waals surface area contributed by atoms with Crippen LogP contribution in [0.1, 0.15) is 42.9 Å². The van der Waals surface area contributed by atoms with Gasteiger partial charge in [-0.25, -0.2) is 0 Å². The van der Waals surface area contributed by atoms with Gasteiger partial charge >= 0.3 is 0 Å². The van der Waals surface area contributed by atoms with Gasteiger partial charge < -0.3 is 4.57 Å². The zero-order chi connectivity index (χ0) is 16.3. The highest BCUT2D eigenvalue weighted by Gasteiger charge is 2.61. The van der Waals surface area contributed by atoms with Gasteiger partial charge in [-0.05, 0) is 55.9 Å². The number of hydrogen-bond acceptors (Lipinski definition) is 2. The fourth-order valence-corrected chi connectivity index (χ4v) is 5.07. The number of carbonyl (C=O) groups excluding carboxylic acids is 2. The van der Waals surface area contributed by atoms with Gasteiger partial charge in [-0.15, -0.1) is 0 Å². The van der Waals surface area contributed by atoms with Crippen LogP contribution in [-0.4, -0.2) is 16.4 Å².